The van der Waals surface area contributed by atoms with Gasteiger partial charge in [-0.25, -0.2) is 0 Å². The lowest BCUT2D eigenvalue weighted by Gasteiger charge is -2.10. The van der Waals surface area contributed by atoms with Crippen molar-refractivity contribution in [1.82, 2.24) is 5.32 Å². The third kappa shape index (κ3) is 3.28. The molecule has 0 bridgehead atoms. The molecule has 0 fully saturated rings. The Bertz CT molecular complexity index is 966. The molecular weight excluding hydrogens is 326 g/mol. The van der Waals surface area contributed by atoms with Gasteiger partial charge in [-0.2, -0.15) is 0 Å². The van der Waals surface area contributed by atoms with E-state index in [1.165, 1.54) is 5.56 Å². The van der Waals surface area contributed by atoms with Gasteiger partial charge in [0.25, 0.3) is 11.8 Å². The Morgan fingerprint density at radius 2 is 1.35 bits per heavy atom. The fourth-order valence-corrected chi connectivity index (χ4v) is 2.88. The quantitative estimate of drug-likeness (QED) is 0.614. The SMILES string of the molecule is O=C1NC(=O)c2cc(Nc3ccc(NCc4ccccc4)cc3)ccc21. The molecule has 128 valence electrons. The van der Waals surface area contributed by atoms with Gasteiger partial charge in [-0.1, -0.05) is 30.3 Å². The first kappa shape index (κ1) is 15.9. The minimum atomic E-state index is -0.353. The van der Waals surface area contributed by atoms with E-state index in [9.17, 15) is 9.59 Å². The van der Waals surface area contributed by atoms with Gasteiger partial charge in [0.15, 0.2) is 0 Å². The Balaban J connectivity index is 1.42. The number of amides is 2. The van der Waals surface area contributed by atoms with Crippen LogP contribution in [0.2, 0.25) is 0 Å². The highest BCUT2D eigenvalue weighted by atomic mass is 16.2. The number of carbonyl (C=O) groups is 2. The van der Waals surface area contributed by atoms with Crippen LogP contribution in [0.4, 0.5) is 17.1 Å². The Morgan fingerprint density at radius 3 is 2.12 bits per heavy atom. The largest absolute Gasteiger partial charge is 0.381 e. The molecule has 0 atom stereocenters. The van der Waals surface area contributed by atoms with Gasteiger partial charge in [-0.3, -0.25) is 14.9 Å². The first-order valence-corrected chi connectivity index (χ1v) is 8.34. The van der Waals surface area contributed by atoms with Crippen molar-refractivity contribution in [2.75, 3.05) is 10.6 Å². The van der Waals surface area contributed by atoms with E-state index in [1.54, 1.807) is 18.2 Å². The monoisotopic (exact) mass is 343 g/mol. The summed E-state index contributed by atoms with van der Waals surface area (Å²) in [5, 5.41) is 8.92. The van der Waals surface area contributed by atoms with E-state index in [0.717, 1.165) is 23.6 Å². The van der Waals surface area contributed by atoms with Gasteiger partial charge in [0.1, 0.15) is 0 Å². The van der Waals surface area contributed by atoms with Crippen LogP contribution in [-0.4, -0.2) is 11.8 Å². The standard InChI is InChI=1S/C21H17N3O2/c25-20-18-11-10-17(12-19(18)21(26)24-20)23-16-8-6-15(7-9-16)22-13-14-4-2-1-3-5-14/h1-12,22-23H,13H2,(H,24,25,26). The predicted molar refractivity (Wildman–Crippen MR) is 102 cm³/mol. The highest BCUT2D eigenvalue weighted by Crippen LogP contribution is 2.24. The molecule has 3 aromatic rings. The fourth-order valence-electron chi connectivity index (χ4n) is 2.88. The normalized spacial score (nSPS) is 12.5. The number of fused-ring (bicyclic) bond motifs is 1. The van der Waals surface area contributed by atoms with Gasteiger partial charge in [-0.05, 0) is 48.0 Å². The first-order chi connectivity index (χ1) is 12.7. The van der Waals surface area contributed by atoms with E-state index in [-0.39, 0.29) is 11.8 Å². The second-order valence-electron chi connectivity index (χ2n) is 6.09. The van der Waals surface area contributed by atoms with E-state index < -0.39 is 0 Å². The lowest BCUT2D eigenvalue weighted by atomic mass is 10.1. The Labute approximate surface area is 151 Å². The summed E-state index contributed by atoms with van der Waals surface area (Å²) in [6.45, 7) is 0.765. The number of hydrogen-bond acceptors (Lipinski definition) is 4. The molecule has 0 spiro atoms. The third-order valence-corrected chi connectivity index (χ3v) is 4.25. The van der Waals surface area contributed by atoms with Crippen LogP contribution < -0.4 is 16.0 Å². The fraction of sp³-hybridized carbons (Fsp3) is 0.0476. The van der Waals surface area contributed by atoms with E-state index >= 15 is 0 Å². The summed E-state index contributed by atoms with van der Waals surface area (Å²) in [6, 6.07) is 23.3. The van der Waals surface area contributed by atoms with Crippen LogP contribution in [0, 0.1) is 0 Å². The van der Waals surface area contributed by atoms with Crippen molar-refractivity contribution in [3.63, 3.8) is 0 Å². The number of anilines is 3. The number of imide groups is 1. The molecule has 1 aliphatic heterocycles. The summed E-state index contributed by atoms with van der Waals surface area (Å²) in [7, 11) is 0. The summed E-state index contributed by atoms with van der Waals surface area (Å²) in [5.74, 6) is -0.695. The van der Waals surface area contributed by atoms with Crippen molar-refractivity contribution in [3.8, 4) is 0 Å². The van der Waals surface area contributed by atoms with E-state index in [4.69, 9.17) is 0 Å². The van der Waals surface area contributed by atoms with Gasteiger partial charge >= 0.3 is 0 Å². The summed E-state index contributed by atoms with van der Waals surface area (Å²) < 4.78 is 0. The molecule has 1 aliphatic rings. The molecule has 26 heavy (non-hydrogen) atoms. The molecule has 5 nitrogen and oxygen atoms in total. The summed E-state index contributed by atoms with van der Waals surface area (Å²) in [6.07, 6.45) is 0. The molecule has 0 aliphatic carbocycles. The van der Waals surface area contributed by atoms with Crippen LogP contribution in [0.5, 0.6) is 0 Å². The molecule has 5 heteroatoms. The van der Waals surface area contributed by atoms with Crippen LogP contribution >= 0.6 is 0 Å². The van der Waals surface area contributed by atoms with Crippen LogP contribution in [0.3, 0.4) is 0 Å². The number of hydrogen-bond donors (Lipinski definition) is 3. The highest BCUT2D eigenvalue weighted by Gasteiger charge is 2.26. The number of nitrogens with one attached hydrogen (secondary N) is 3. The average molecular weight is 343 g/mol. The maximum atomic E-state index is 11.7. The molecular formula is C21H17N3O2. The third-order valence-electron chi connectivity index (χ3n) is 4.25. The Kier molecular flexibility index (Phi) is 4.11. The summed E-state index contributed by atoms with van der Waals surface area (Å²) in [5.41, 5.74) is 4.74. The molecule has 3 N–H and O–H groups in total. The molecule has 0 radical (unpaired) electrons. The second kappa shape index (κ2) is 6.72. The summed E-state index contributed by atoms with van der Waals surface area (Å²) >= 11 is 0. The van der Waals surface area contributed by atoms with Crippen LogP contribution in [0.25, 0.3) is 0 Å². The highest BCUT2D eigenvalue weighted by molar-refractivity contribution is 6.21. The van der Waals surface area contributed by atoms with Crippen molar-refractivity contribution in [2.24, 2.45) is 0 Å². The zero-order valence-electron chi connectivity index (χ0n) is 14.0. The van der Waals surface area contributed by atoms with Crippen molar-refractivity contribution in [1.29, 1.82) is 0 Å². The number of benzene rings is 3. The van der Waals surface area contributed by atoms with Crippen molar-refractivity contribution < 1.29 is 9.59 Å². The van der Waals surface area contributed by atoms with E-state index in [2.05, 4.69) is 28.1 Å². The lowest BCUT2D eigenvalue weighted by molar-refractivity contribution is 0.0879. The van der Waals surface area contributed by atoms with Crippen LogP contribution in [0.15, 0.2) is 72.8 Å². The minimum Gasteiger partial charge on any atom is -0.381 e. The van der Waals surface area contributed by atoms with Gasteiger partial charge in [0.05, 0.1) is 11.1 Å². The van der Waals surface area contributed by atoms with Crippen molar-refractivity contribution in [2.45, 2.75) is 6.54 Å². The molecule has 4 rings (SSSR count). The van der Waals surface area contributed by atoms with Crippen LogP contribution in [0.1, 0.15) is 26.3 Å². The van der Waals surface area contributed by atoms with Gasteiger partial charge in [-0.15, -0.1) is 0 Å². The average Bonchev–Trinajstić information content (AvgIpc) is 2.95. The van der Waals surface area contributed by atoms with Crippen molar-refractivity contribution in [3.05, 3.63) is 89.5 Å². The van der Waals surface area contributed by atoms with Gasteiger partial charge in [0.2, 0.25) is 0 Å². The number of carbonyl (C=O) groups excluding carboxylic acids is 2. The molecule has 0 unspecified atom stereocenters. The maximum Gasteiger partial charge on any atom is 0.259 e. The maximum absolute atomic E-state index is 11.7. The molecule has 0 saturated heterocycles. The minimum absolute atomic E-state index is 0.342. The second-order valence-corrected chi connectivity index (χ2v) is 6.09. The van der Waals surface area contributed by atoms with E-state index in [1.807, 2.05) is 42.5 Å². The zero-order valence-corrected chi connectivity index (χ0v) is 14.0. The molecule has 2 amide bonds. The smallest absolute Gasteiger partial charge is 0.259 e. The lowest BCUT2D eigenvalue weighted by Crippen LogP contribution is -2.19. The van der Waals surface area contributed by atoms with Gasteiger partial charge < -0.3 is 10.6 Å². The molecule has 1 heterocycles. The molecule has 0 aromatic heterocycles. The predicted octanol–water partition coefficient (Wildman–Crippen LogP) is 3.93. The number of rotatable bonds is 5. The first-order valence-electron chi connectivity index (χ1n) is 8.34. The van der Waals surface area contributed by atoms with Crippen LogP contribution in [-0.2, 0) is 6.54 Å². The molecule has 0 saturated carbocycles. The van der Waals surface area contributed by atoms with Gasteiger partial charge in [0, 0.05) is 23.6 Å². The Hall–Kier alpha value is -3.60. The summed E-state index contributed by atoms with van der Waals surface area (Å²) in [4.78, 5) is 23.3. The van der Waals surface area contributed by atoms with E-state index in [0.29, 0.717) is 11.1 Å². The zero-order chi connectivity index (χ0) is 17.9. The van der Waals surface area contributed by atoms with Crippen molar-refractivity contribution >= 4 is 28.9 Å². The Morgan fingerprint density at radius 1 is 0.692 bits per heavy atom. The molecule has 3 aromatic carbocycles. The topological polar surface area (TPSA) is 70.2 Å².